The minimum absolute atomic E-state index is 0.332. The van der Waals surface area contributed by atoms with Gasteiger partial charge in [0.15, 0.2) is 0 Å². The van der Waals surface area contributed by atoms with Gasteiger partial charge in [0, 0.05) is 38.6 Å². The fourth-order valence-corrected chi connectivity index (χ4v) is 3.52. The van der Waals surface area contributed by atoms with E-state index in [9.17, 15) is 8.42 Å². The second-order valence-corrected chi connectivity index (χ2v) is 6.58. The van der Waals surface area contributed by atoms with Gasteiger partial charge in [0.05, 0.1) is 0 Å². The summed E-state index contributed by atoms with van der Waals surface area (Å²) in [5.41, 5.74) is 7.63. The fourth-order valence-electron chi connectivity index (χ4n) is 2.04. The maximum absolute atomic E-state index is 12.4. The van der Waals surface area contributed by atoms with E-state index in [1.54, 1.807) is 16.8 Å². The molecule has 5 nitrogen and oxygen atoms in total. The number of aromatic nitrogens is 1. The summed E-state index contributed by atoms with van der Waals surface area (Å²) in [6.07, 6.45) is 4.40. The van der Waals surface area contributed by atoms with Crippen LogP contribution in [-0.4, -0.2) is 30.4 Å². The lowest BCUT2D eigenvalue weighted by atomic mass is 10.1. The predicted octanol–water partition coefficient (Wildman–Crippen LogP) is 0.824. The molecule has 2 N–H and O–H groups in total. The summed E-state index contributed by atoms with van der Waals surface area (Å²) >= 11 is 0. The fraction of sp³-hybridized carbons (Fsp3) is 0.500. The molecule has 0 amide bonds. The summed E-state index contributed by atoms with van der Waals surface area (Å²) in [6, 6.07) is 1.65. The van der Waals surface area contributed by atoms with Crippen molar-refractivity contribution in [2.75, 3.05) is 13.1 Å². The van der Waals surface area contributed by atoms with Gasteiger partial charge in [-0.1, -0.05) is 11.6 Å². The molecule has 1 aromatic rings. The molecule has 0 atom stereocenters. The van der Waals surface area contributed by atoms with Crippen LogP contribution in [0.2, 0.25) is 0 Å². The topological polar surface area (TPSA) is 68.3 Å². The van der Waals surface area contributed by atoms with Crippen LogP contribution in [-0.2, 0) is 23.6 Å². The van der Waals surface area contributed by atoms with Gasteiger partial charge in [-0.15, -0.1) is 0 Å². The second-order valence-electron chi connectivity index (χ2n) is 4.65. The average Bonchev–Trinajstić information content (AvgIpc) is 2.72. The lowest BCUT2D eigenvalue weighted by Gasteiger charge is -2.24. The number of aryl methyl sites for hydroxylation is 1. The third-order valence-electron chi connectivity index (χ3n) is 3.33. The normalized spacial score (nSPS) is 17.8. The zero-order valence-corrected chi connectivity index (χ0v) is 11.6. The molecule has 0 spiro atoms. The Morgan fingerprint density at radius 2 is 2.17 bits per heavy atom. The van der Waals surface area contributed by atoms with Gasteiger partial charge in [-0.25, -0.2) is 8.42 Å². The smallest absolute Gasteiger partial charge is 0.244 e. The molecule has 2 heterocycles. The van der Waals surface area contributed by atoms with Crippen molar-refractivity contribution >= 4 is 10.0 Å². The Labute approximate surface area is 108 Å². The van der Waals surface area contributed by atoms with E-state index in [1.165, 1.54) is 9.88 Å². The van der Waals surface area contributed by atoms with Gasteiger partial charge in [0.1, 0.15) is 4.90 Å². The van der Waals surface area contributed by atoms with E-state index in [4.69, 9.17) is 5.73 Å². The molecule has 1 aromatic heterocycles. The first-order valence-corrected chi connectivity index (χ1v) is 7.40. The standard InChI is InChI=1S/C12H19N3O2S/c1-10-3-5-15(6-4-10)18(16,17)12-7-11(8-13)14(2)9-12/h3,7,9H,4-6,8,13H2,1-2H3. The van der Waals surface area contributed by atoms with Crippen LogP contribution in [0, 0.1) is 0 Å². The summed E-state index contributed by atoms with van der Waals surface area (Å²) < 4.78 is 28.1. The van der Waals surface area contributed by atoms with Crippen molar-refractivity contribution in [3.05, 3.63) is 29.6 Å². The SMILES string of the molecule is CC1=CCN(S(=O)(=O)c2cc(CN)n(C)c2)CC1. The first-order valence-electron chi connectivity index (χ1n) is 5.96. The van der Waals surface area contributed by atoms with Crippen molar-refractivity contribution in [3.63, 3.8) is 0 Å². The molecular weight excluding hydrogens is 250 g/mol. The van der Waals surface area contributed by atoms with Crippen molar-refractivity contribution in [1.29, 1.82) is 0 Å². The van der Waals surface area contributed by atoms with Crippen LogP contribution in [0.15, 0.2) is 28.8 Å². The third-order valence-corrected chi connectivity index (χ3v) is 5.16. The van der Waals surface area contributed by atoms with E-state index >= 15 is 0 Å². The van der Waals surface area contributed by atoms with Crippen LogP contribution < -0.4 is 5.73 Å². The minimum atomic E-state index is -3.38. The summed E-state index contributed by atoms with van der Waals surface area (Å²) in [5.74, 6) is 0. The highest BCUT2D eigenvalue weighted by atomic mass is 32.2. The third kappa shape index (κ3) is 2.36. The number of hydrogen-bond donors (Lipinski definition) is 1. The Balaban J connectivity index is 2.30. The number of hydrogen-bond acceptors (Lipinski definition) is 3. The van der Waals surface area contributed by atoms with Gasteiger partial charge < -0.3 is 10.3 Å². The number of nitrogens with zero attached hydrogens (tertiary/aromatic N) is 2. The summed E-state index contributed by atoms with van der Waals surface area (Å²) in [6.45, 7) is 3.38. The van der Waals surface area contributed by atoms with Gasteiger partial charge in [-0.3, -0.25) is 0 Å². The summed E-state index contributed by atoms with van der Waals surface area (Å²) in [7, 11) is -1.58. The molecule has 0 saturated carbocycles. The second kappa shape index (κ2) is 4.87. The highest BCUT2D eigenvalue weighted by molar-refractivity contribution is 7.89. The molecule has 0 unspecified atom stereocenters. The van der Waals surface area contributed by atoms with Gasteiger partial charge in [-0.05, 0) is 19.4 Å². The molecule has 0 radical (unpaired) electrons. The van der Waals surface area contributed by atoms with Gasteiger partial charge in [0.2, 0.25) is 10.0 Å². The van der Waals surface area contributed by atoms with E-state index < -0.39 is 10.0 Å². The van der Waals surface area contributed by atoms with Crippen molar-refractivity contribution in [2.45, 2.75) is 24.8 Å². The molecular formula is C12H19N3O2S. The summed E-state index contributed by atoms with van der Waals surface area (Å²) in [4.78, 5) is 0.332. The number of sulfonamides is 1. The van der Waals surface area contributed by atoms with Crippen LogP contribution in [0.5, 0.6) is 0 Å². The molecule has 0 aliphatic carbocycles. The molecule has 1 aliphatic rings. The van der Waals surface area contributed by atoms with Crippen LogP contribution in [0.4, 0.5) is 0 Å². The monoisotopic (exact) mass is 269 g/mol. The van der Waals surface area contributed by atoms with E-state index in [0.717, 1.165) is 12.1 Å². The van der Waals surface area contributed by atoms with Crippen molar-refractivity contribution in [3.8, 4) is 0 Å². The maximum atomic E-state index is 12.4. The molecule has 0 saturated heterocycles. The van der Waals surface area contributed by atoms with E-state index in [-0.39, 0.29) is 0 Å². The Morgan fingerprint density at radius 1 is 1.44 bits per heavy atom. The average molecular weight is 269 g/mol. The zero-order chi connectivity index (χ0) is 13.3. The van der Waals surface area contributed by atoms with Crippen molar-refractivity contribution < 1.29 is 8.42 Å². The molecule has 0 fully saturated rings. The minimum Gasteiger partial charge on any atom is -0.352 e. The lowest BCUT2D eigenvalue weighted by molar-refractivity contribution is 0.431. The highest BCUT2D eigenvalue weighted by Gasteiger charge is 2.26. The molecule has 100 valence electrons. The van der Waals surface area contributed by atoms with Gasteiger partial charge in [0.25, 0.3) is 0 Å². The molecule has 2 rings (SSSR count). The molecule has 0 bridgehead atoms. The van der Waals surface area contributed by atoms with Crippen LogP contribution in [0.1, 0.15) is 19.0 Å². The first kappa shape index (κ1) is 13.3. The Hall–Kier alpha value is -1.11. The number of nitrogens with two attached hydrogens (primary N) is 1. The van der Waals surface area contributed by atoms with Crippen molar-refractivity contribution in [1.82, 2.24) is 8.87 Å². The highest BCUT2D eigenvalue weighted by Crippen LogP contribution is 2.21. The molecule has 0 aromatic carbocycles. The van der Waals surface area contributed by atoms with Crippen molar-refractivity contribution in [2.24, 2.45) is 12.8 Å². The zero-order valence-electron chi connectivity index (χ0n) is 10.8. The number of rotatable bonds is 3. The lowest BCUT2D eigenvalue weighted by Crippen LogP contribution is -2.34. The van der Waals surface area contributed by atoms with Crippen LogP contribution in [0.25, 0.3) is 0 Å². The van der Waals surface area contributed by atoms with E-state index in [0.29, 0.717) is 24.5 Å². The van der Waals surface area contributed by atoms with E-state index in [1.807, 2.05) is 20.0 Å². The Kier molecular flexibility index (Phi) is 3.61. The van der Waals surface area contributed by atoms with Gasteiger partial charge >= 0.3 is 0 Å². The maximum Gasteiger partial charge on any atom is 0.244 e. The predicted molar refractivity (Wildman–Crippen MR) is 70.4 cm³/mol. The summed E-state index contributed by atoms with van der Waals surface area (Å²) in [5, 5.41) is 0. The molecule has 1 aliphatic heterocycles. The van der Waals surface area contributed by atoms with Gasteiger partial charge in [-0.2, -0.15) is 4.31 Å². The van der Waals surface area contributed by atoms with Crippen LogP contribution in [0.3, 0.4) is 0 Å². The largest absolute Gasteiger partial charge is 0.352 e. The quantitative estimate of drug-likeness (QED) is 0.826. The van der Waals surface area contributed by atoms with Crippen LogP contribution >= 0.6 is 0 Å². The Morgan fingerprint density at radius 3 is 2.67 bits per heavy atom. The molecule has 18 heavy (non-hydrogen) atoms. The first-order chi connectivity index (χ1) is 8.45. The molecule has 6 heteroatoms. The van der Waals surface area contributed by atoms with E-state index in [2.05, 4.69) is 0 Å². The Bertz CT molecular complexity index is 572.